The summed E-state index contributed by atoms with van der Waals surface area (Å²) >= 11 is 0. The molecule has 4 heterocycles. The fraction of sp³-hybridized carbons (Fsp3) is 0.273. The largest absolute Gasteiger partial charge is 0.408 e. The zero-order valence-corrected chi connectivity index (χ0v) is 17.6. The quantitative estimate of drug-likeness (QED) is 0.422. The van der Waals surface area contributed by atoms with Crippen molar-refractivity contribution in [3.63, 3.8) is 0 Å². The van der Waals surface area contributed by atoms with E-state index in [2.05, 4.69) is 56.4 Å². The van der Waals surface area contributed by atoms with Crippen LogP contribution in [0.2, 0.25) is 0 Å². The Bertz CT molecular complexity index is 1430. The molecule has 10 heteroatoms. The molecule has 0 atom stereocenters. The number of imidazole rings is 1. The van der Waals surface area contributed by atoms with Crippen LogP contribution in [0.5, 0.6) is 0 Å². The van der Waals surface area contributed by atoms with Crippen LogP contribution in [0.3, 0.4) is 0 Å². The molecule has 0 bridgehead atoms. The summed E-state index contributed by atoms with van der Waals surface area (Å²) in [5.74, 6) is 0. The molecule has 1 N–H and O–H groups in total. The Kier molecular flexibility index (Phi) is 4.37. The number of benzene rings is 1. The van der Waals surface area contributed by atoms with Gasteiger partial charge in [-0.15, -0.1) is 0 Å². The molecule has 32 heavy (non-hydrogen) atoms. The summed E-state index contributed by atoms with van der Waals surface area (Å²) in [6, 6.07) is 6.00. The van der Waals surface area contributed by atoms with E-state index < -0.39 is 12.7 Å². The first-order chi connectivity index (χ1) is 15.1. The average molecular weight is 439 g/mol. The van der Waals surface area contributed by atoms with Crippen molar-refractivity contribution in [3.05, 3.63) is 49.3 Å². The second kappa shape index (κ2) is 6.91. The number of nitrogens with zero attached hydrogens (tertiary/aromatic N) is 6. The van der Waals surface area contributed by atoms with E-state index in [-0.39, 0.29) is 5.54 Å². The van der Waals surface area contributed by atoms with E-state index in [9.17, 15) is 13.2 Å². The van der Waals surface area contributed by atoms with E-state index in [1.54, 1.807) is 0 Å². The van der Waals surface area contributed by atoms with E-state index in [0.29, 0.717) is 22.4 Å². The van der Waals surface area contributed by atoms with Crippen LogP contribution in [0.15, 0.2) is 49.3 Å². The van der Waals surface area contributed by atoms with Crippen LogP contribution in [-0.4, -0.2) is 40.5 Å². The minimum atomic E-state index is -4.34. The van der Waals surface area contributed by atoms with Crippen molar-refractivity contribution in [2.75, 3.05) is 0 Å². The zero-order chi connectivity index (χ0) is 22.7. The second-order valence-electron chi connectivity index (χ2n) is 8.69. The minimum absolute atomic E-state index is 0.128. The summed E-state index contributed by atoms with van der Waals surface area (Å²) in [6.07, 6.45) is 3.53. The Morgan fingerprint density at radius 3 is 2.59 bits per heavy atom. The standard InChI is InChI=1S/C22H20F3N7/c1-21(2,3)32-12-28-16-5-4-13(6-18(16)32)15-8-26-20-19(15)30-17(9-27-20)14-7-29-31(10-14)11-22(23,24)25/h4-10,12H,11H2,1-3H3,(H,26,27). The zero-order valence-electron chi connectivity index (χ0n) is 17.6. The molecule has 0 aliphatic carbocycles. The van der Waals surface area contributed by atoms with Gasteiger partial charge in [0, 0.05) is 29.1 Å². The summed E-state index contributed by atoms with van der Waals surface area (Å²) in [6.45, 7) is 5.19. The number of hydrogen-bond donors (Lipinski definition) is 1. The highest BCUT2D eigenvalue weighted by molar-refractivity contribution is 5.94. The van der Waals surface area contributed by atoms with E-state index in [0.717, 1.165) is 26.8 Å². The van der Waals surface area contributed by atoms with Crippen molar-refractivity contribution in [2.24, 2.45) is 0 Å². The molecule has 5 aromatic rings. The highest BCUT2D eigenvalue weighted by atomic mass is 19.4. The second-order valence-corrected chi connectivity index (χ2v) is 8.69. The van der Waals surface area contributed by atoms with Crippen molar-refractivity contribution in [3.8, 4) is 22.4 Å². The molecule has 4 aromatic heterocycles. The van der Waals surface area contributed by atoms with Crippen molar-refractivity contribution in [1.29, 1.82) is 0 Å². The molecule has 0 aliphatic heterocycles. The average Bonchev–Trinajstić information content (AvgIpc) is 3.42. The van der Waals surface area contributed by atoms with Crippen LogP contribution in [0.4, 0.5) is 13.2 Å². The molecule has 0 unspecified atom stereocenters. The Morgan fingerprint density at radius 1 is 1.03 bits per heavy atom. The van der Waals surface area contributed by atoms with Gasteiger partial charge in [0.05, 0.1) is 35.4 Å². The van der Waals surface area contributed by atoms with Crippen LogP contribution < -0.4 is 0 Å². The van der Waals surface area contributed by atoms with E-state index in [1.165, 1.54) is 18.6 Å². The summed E-state index contributed by atoms with van der Waals surface area (Å²) < 4.78 is 40.9. The number of rotatable bonds is 3. The van der Waals surface area contributed by atoms with Crippen molar-refractivity contribution in [1.82, 2.24) is 34.3 Å². The van der Waals surface area contributed by atoms with Gasteiger partial charge in [-0.1, -0.05) is 6.07 Å². The molecule has 5 rings (SSSR count). The van der Waals surface area contributed by atoms with E-state index in [4.69, 9.17) is 0 Å². The first-order valence-corrected chi connectivity index (χ1v) is 10.0. The van der Waals surface area contributed by atoms with E-state index in [1.807, 2.05) is 24.7 Å². The molecule has 0 saturated heterocycles. The number of fused-ring (bicyclic) bond motifs is 2. The van der Waals surface area contributed by atoms with Gasteiger partial charge in [0.1, 0.15) is 12.1 Å². The maximum absolute atomic E-state index is 12.7. The molecule has 0 saturated carbocycles. The maximum atomic E-state index is 12.7. The third-order valence-electron chi connectivity index (χ3n) is 5.23. The van der Waals surface area contributed by atoms with Gasteiger partial charge in [0.25, 0.3) is 0 Å². The number of aromatic nitrogens is 7. The summed E-state index contributed by atoms with van der Waals surface area (Å²) in [4.78, 5) is 16.7. The molecule has 0 amide bonds. The number of nitrogens with one attached hydrogen (secondary N) is 1. The predicted octanol–water partition coefficient (Wildman–Crippen LogP) is 5.16. The number of alkyl halides is 3. The molecule has 1 aromatic carbocycles. The highest BCUT2D eigenvalue weighted by Crippen LogP contribution is 2.32. The highest BCUT2D eigenvalue weighted by Gasteiger charge is 2.28. The first-order valence-electron chi connectivity index (χ1n) is 10.0. The van der Waals surface area contributed by atoms with Crippen molar-refractivity contribution >= 4 is 22.2 Å². The Balaban J connectivity index is 1.58. The van der Waals surface area contributed by atoms with E-state index >= 15 is 0 Å². The molecular formula is C22H20F3N7. The van der Waals surface area contributed by atoms with Gasteiger partial charge < -0.3 is 9.55 Å². The number of aromatic amines is 1. The lowest BCUT2D eigenvalue weighted by molar-refractivity contribution is -0.142. The third-order valence-corrected chi connectivity index (χ3v) is 5.23. The van der Waals surface area contributed by atoms with Crippen molar-refractivity contribution < 1.29 is 13.2 Å². The summed E-state index contributed by atoms with van der Waals surface area (Å²) in [5.41, 5.74) is 5.70. The summed E-state index contributed by atoms with van der Waals surface area (Å²) in [5, 5.41) is 3.80. The molecule has 0 radical (unpaired) electrons. The topological polar surface area (TPSA) is 77.2 Å². The van der Waals surface area contributed by atoms with Crippen LogP contribution in [0, 0.1) is 0 Å². The first kappa shape index (κ1) is 20.2. The van der Waals surface area contributed by atoms with Crippen LogP contribution >= 0.6 is 0 Å². The lowest BCUT2D eigenvalue weighted by Gasteiger charge is -2.21. The SMILES string of the molecule is CC(C)(C)n1cnc2ccc(-c3c[nH]c4ncc(-c5cnn(CC(F)(F)F)c5)nc34)cc21. The molecule has 0 fully saturated rings. The molecule has 7 nitrogen and oxygen atoms in total. The minimum Gasteiger partial charge on any atom is -0.344 e. The fourth-order valence-corrected chi connectivity index (χ4v) is 3.73. The van der Waals surface area contributed by atoms with Gasteiger partial charge >= 0.3 is 6.18 Å². The van der Waals surface area contributed by atoms with Crippen LogP contribution in [0.25, 0.3) is 44.6 Å². The van der Waals surface area contributed by atoms with Crippen LogP contribution in [0.1, 0.15) is 20.8 Å². The molecule has 0 spiro atoms. The maximum Gasteiger partial charge on any atom is 0.408 e. The van der Waals surface area contributed by atoms with Gasteiger partial charge in [0.2, 0.25) is 0 Å². The third kappa shape index (κ3) is 3.61. The van der Waals surface area contributed by atoms with Gasteiger partial charge in [-0.25, -0.2) is 15.0 Å². The number of H-pyrrole nitrogens is 1. The number of halogens is 3. The number of hydrogen-bond acceptors (Lipinski definition) is 4. The fourth-order valence-electron chi connectivity index (χ4n) is 3.73. The van der Waals surface area contributed by atoms with Gasteiger partial charge in [-0.05, 0) is 38.5 Å². The molecule has 0 aliphatic rings. The Hall–Kier alpha value is -3.69. The summed E-state index contributed by atoms with van der Waals surface area (Å²) in [7, 11) is 0. The van der Waals surface area contributed by atoms with Crippen LogP contribution in [-0.2, 0) is 12.1 Å². The molecular weight excluding hydrogens is 419 g/mol. The monoisotopic (exact) mass is 439 g/mol. The Labute approximate surface area is 180 Å². The normalized spacial score (nSPS) is 12.8. The lowest BCUT2D eigenvalue weighted by atomic mass is 10.1. The smallest absolute Gasteiger partial charge is 0.344 e. The van der Waals surface area contributed by atoms with Gasteiger partial charge in [-0.2, -0.15) is 18.3 Å². The predicted molar refractivity (Wildman–Crippen MR) is 115 cm³/mol. The van der Waals surface area contributed by atoms with Gasteiger partial charge in [-0.3, -0.25) is 4.68 Å². The van der Waals surface area contributed by atoms with Crippen molar-refractivity contribution in [2.45, 2.75) is 39.0 Å². The lowest BCUT2D eigenvalue weighted by Crippen LogP contribution is -2.20. The molecule has 164 valence electrons. The Morgan fingerprint density at radius 2 is 1.84 bits per heavy atom. The van der Waals surface area contributed by atoms with Gasteiger partial charge in [0.15, 0.2) is 5.65 Å².